The van der Waals surface area contributed by atoms with Crippen molar-refractivity contribution in [2.45, 2.75) is 0 Å². The van der Waals surface area contributed by atoms with Crippen LogP contribution < -0.4 is 4.89 Å². The van der Waals surface area contributed by atoms with Crippen LogP contribution in [0.2, 0.25) is 0 Å². The molecule has 0 aromatic carbocycles. The molecule has 4 nitrogen and oxygen atoms in total. The van der Waals surface area contributed by atoms with Crippen LogP contribution in [0.3, 0.4) is 0 Å². The summed E-state index contributed by atoms with van der Waals surface area (Å²) in [6.45, 7) is 3.01. The molecule has 0 aliphatic rings. The monoisotopic (exact) mass is 197 g/mol. The fourth-order valence-electron chi connectivity index (χ4n) is 0.165. The first kappa shape index (κ1) is 12.3. The topological polar surface area (TPSA) is 58.6 Å². The van der Waals surface area contributed by atoms with Gasteiger partial charge < -0.3 is 20.9 Å². The molecule has 0 aromatic rings. The first-order chi connectivity index (χ1) is 3.62. The summed E-state index contributed by atoms with van der Waals surface area (Å²) in [6, 6.07) is 0. The molecule has 0 saturated heterocycles. The normalized spacial score (nSPS) is 15.9. The molecule has 59 valence electrons. The largest absolute Gasteiger partial charge is 0.756 e. The molecule has 1 atom stereocenters. The molecular weight excluding hydrogens is 190 g/mol. The zero-order valence-electron chi connectivity index (χ0n) is 4.83. The Morgan fingerprint density at radius 1 is 1.78 bits per heavy atom. The third-order valence-electron chi connectivity index (χ3n) is 0.473. The maximum Gasteiger partial charge on any atom is 0.265 e. The van der Waals surface area contributed by atoms with Crippen LogP contribution in [-0.2, 0) is 30.4 Å². The van der Waals surface area contributed by atoms with Gasteiger partial charge in [0, 0.05) is 23.9 Å². The van der Waals surface area contributed by atoms with Gasteiger partial charge in [-0.1, -0.05) is 6.61 Å². The van der Waals surface area contributed by atoms with Gasteiger partial charge in [-0.2, -0.15) is 0 Å². The molecule has 1 unspecified atom stereocenters. The number of hydrogen-bond acceptors (Lipinski definition) is 4. The molecule has 0 aliphatic carbocycles. The van der Waals surface area contributed by atoms with E-state index in [1.165, 1.54) is 0 Å². The number of phosphoric acid groups is 1. The van der Waals surface area contributed by atoms with Gasteiger partial charge in [0.2, 0.25) is 0 Å². The standard InChI is InChI=1S/C3H8O4P.Co/c1-3-7-8(4,5)6-2;/h1,3H2,2H3,(H,4,5);/q-1;/p-1. The van der Waals surface area contributed by atoms with Crippen LogP contribution in [0.15, 0.2) is 0 Å². The summed E-state index contributed by atoms with van der Waals surface area (Å²) in [5.74, 6) is 0. The van der Waals surface area contributed by atoms with Crippen LogP contribution in [0.25, 0.3) is 0 Å². The van der Waals surface area contributed by atoms with Crippen molar-refractivity contribution in [1.82, 2.24) is 0 Å². The zero-order chi connectivity index (χ0) is 6.62. The Morgan fingerprint density at radius 3 is 2.33 bits per heavy atom. The molecule has 0 spiro atoms. The molecule has 0 amide bonds. The van der Waals surface area contributed by atoms with Gasteiger partial charge in [0.1, 0.15) is 0 Å². The van der Waals surface area contributed by atoms with E-state index in [2.05, 4.69) is 16.0 Å². The van der Waals surface area contributed by atoms with E-state index in [1.807, 2.05) is 0 Å². The van der Waals surface area contributed by atoms with Gasteiger partial charge in [-0.3, -0.25) is 4.57 Å². The number of rotatable bonds is 3. The number of hydrogen-bond donors (Lipinski definition) is 0. The minimum Gasteiger partial charge on any atom is -0.756 e. The minimum atomic E-state index is -3.99. The van der Waals surface area contributed by atoms with Crippen LogP contribution in [0.1, 0.15) is 0 Å². The molecule has 9 heavy (non-hydrogen) atoms. The smallest absolute Gasteiger partial charge is 0.265 e. The Morgan fingerprint density at radius 2 is 2.22 bits per heavy atom. The van der Waals surface area contributed by atoms with Crippen molar-refractivity contribution < 1.29 is 35.3 Å². The van der Waals surface area contributed by atoms with Crippen molar-refractivity contribution in [3.63, 3.8) is 0 Å². The van der Waals surface area contributed by atoms with Gasteiger partial charge in [-0.25, -0.2) is 0 Å². The summed E-state index contributed by atoms with van der Waals surface area (Å²) in [4.78, 5) is 10.1. The molecular formula is C3H7CoO4P-2. The van der Waals surface area contributed by atoms with Crippen LogP contribution in [-0.4, -0.2) is 13.7 Å². The molecule has 0 fully saturated rings. The third kappa shape index (κ3) is 6.50. The maximum absolute atomic E-state index is 10.1. The molecule has 0 heterocycles. The summed E-state index contributed by atoms with van der Waals surface area (Å²) in [6.07, 6.45) is 0. The SMILES string of the molecule is [CH2-]COP(=O)([O-])OC.[Co]. The van der Waals surface area contributed by atoms with E-state index in [4.69, 9.17) is 0 Å². The Kier molecular flexibility index (Phi) is 7.39. The van der Waals surface area contributed by atoms with Crippen LogP contribution >= 0.6 is 7.82 Å². The van der Waals surface area contributed by atoms with Crippen LogP contribution in [0.4, 0.5) is 0 Å². The van der Waals surface area contributed by atoms with Gasteiger partial charge in [0.05, 0.1) is 0 Å². The minimum absolute atomic E-state index is 0. The van der Waals surface area contributed by atoms with E-state index in [9.17, 15) is 9.46 Å². The summed E-state index contributed by atoms with van der Waals surface area (Å²) >= 11 is 0. The van der Waals surface area contributed by atoms with Gasteiger partial charge in [-0.05, 0) is 0 Å². The van der Waals surface area contributed by atoms with Crippen molar-refractivity contribution in [3.05, 3.63) is 6.92 Å². The van der Waals surface area contributed by atoms with E-state index < -0.39 is 7.82 Å². The van der Waals surface area contributed by atoms with Crippen molar-refractivity contribution in [2.75, 3.05) is 13.7 Å². The van der Waals surface area contributed by atoms with Crippen LogP contribution in [0.5, 0.6) is 0 Å². The summed E-state index contributed by atoms with van der Waals surface area (Å²) in [5.41, 5.74) is 0. The van der Waals surface area contributed by atoms with Gasteiger partial charge in [-0.15, -0.1) is 0 Å². The zero-order valence-corrected chi connectivity index (χ0v) is 6.76. The second kappa shape index (κ2) is 5.41. The van der Waals surface area contributed by atoms with Gasteiger partial charge >= 0.3 is 0 Å². The van der Waals surface area contributed by atoms with E-state index >= 15 is 0 Å². The number of phosphoric ester groups is 1. The Labute approximate surface area is 64.4 Å². The third-order valence-corrected chi connectivity index (χ3v) is 1.42. The average Bonchev–Trinajstić information content (AvgIpc) is 1.67. The van der Waals surface area contributed by atoms with Crippen molar-refractivity contribution >= 4 is 7.82 Å². The predicted molar refractivity (Wildman–Crippen MR) is 25.9 cm³/mol. The summed E-state index contributed by atoms with van der Waals surface area (Å²) in [5, 5.41) is 0. The Hall–Kier alpha value is 0.616. The molecule has 0 saturated carbocycles. The maximum atomic E-state index is 10.1. The molecule has 0 aliphatic heterocycles. The van der Waals surface area contributed by atoms with Crippen molar-refractivity contribution in [1.29, 1.82) is 0 Å². The fraction of sp³-hybridized carbons (Fsp3) is 0.667. The first-order valence-electron chi connectivity index (χ1n) is 1.93. The van der Waals surface area contributed by atoms with E-state index in [0.29, 0.717) is 0 Å². The molecule has 0 rings (SSSR count). The van der Waals surface area contributed by atoms with E-state index in [-0.39, 0.29) is 23.4 Å². The van der Waals surface area contributed by atoms with Crippen molar-refractivity contribution in [2.24, 2.45) is 0 Å². The molecule has 6 heteroatoms. The second-order valence-corrected chi connectivity index (χ2v) is 2.48. The molecule has 0 N–H and O–H groups in total. The van der Waals surface area contributed by atoms with E-state index in [1.54, 1.807) is 0 Å². The average molecular weight is 197 g/mol. The fourth-order valence-corrected chi connectivity index (χ4v) is 0.494. The van der Waals surface area contributed by atoms with Gasteiger partial charge in [0.15, 0.2) is 0 Å². The first-order valence-corrected chi connectivity index (χ1v) is 3.39. The summed E-state index contributed by atoms with van der Waals surface area (Å²) < 4.78 is 18.1. The predicted octanol–water partition coefficient (Wildman–Crippen LogP) is -0.0506. The van der Waals surface area contributed by atoms with Crippen molar-refractivity contribution in [3.8, 4) is 0 Å². The Balaban J connectivity index is 0. The van der Waals surface area contributed by atoms with Crippen LogP contribution in [0, 0.1) is 6.92 Å². The molecule has 0 aromatic heterocycles. The van der Waals surface area contributed by atoms with Gasteiger partial charge in [0.25, 0.3) is 7.82 Å². The quantitative estimate of drug-likeness (QED) is 0.470. The summed E-state index contributed by atoms with van der Waals surface area (Å²) in [7, 11) is -2.95. The second-order valence-electron chi connectivity index (χ2n) is 0.963. The molecule has 1 radical (unpaired) electrons. The molecule has 0 bridgehead atoms. The van der Waals surface area contributed by atoms with E-state index in [0.717, 1.165) is 7.11 Å². The Bertz CT molecular complexity index is 106.